The Balaban J connectivity index is 1.05. The Morgan fingerprint density at radius 3 is 1.57 bits per heavy atom. The second-order valence-corrected chi connectivity index (χ2v) is 17.7. The Morgan fingerprint density at radius 1 is 0.338 bits per heavy atom. The molecule has 0 aliphatic heterocycles. The number of hydrogen-bond donors (Lipinski definition) is 0. The normalized spacial score (nSPS) is 12.6. The molecule has 1 aliphatic rings. The van der Waals surface area contributed by atoms with Gasteiger partial charge in [0.1, 0.15) is 0 Å². The lowest BCUT2D eigenvalue weighted by Crippen LogP contribution is -2.17. The van der Waals surface area contributed by atoms with E-state index in [1.807, 2.05) is 0 Å². The van der Waals surface area contributed by atoms with Crippen LogP contribution in [0.15, 0.2) is 243 Å². The third-order valence-electron chi connectivity index (χ3n) is 13.6. The average molecular weight is 831 g/mol. The molecular formula is C63H46N2. The molecule has 0 atom stereocenters. The molecule has 0 N–H and O–H groups in total. The van der Waals surface area contributed by atoms with Gasteiger partial charge in [-0.1, -0.05) is 202 Å². The standard InChI is InChI=1S/C63H46N2/c1-63(2)57-31-14-11-26-52(57)53-40-39-49(42-58(53)63)64(61-34-18-30-51(45-21-7-4-8-22-45)62(61)56-29-10-9-25-50(56)44-19-5-3-6-20-44)47-37-35-43(36-38-47)46-23-17-24-48(41-46)65-59-32-15-12-27-54(59)55-28-13-16-33-60(55)65/h3-42H,1-2H3. The van der Waals surface area contributed by atoms with Gasteiger partial charge in [-0.25, -0.2) is 0 Å². The van der Waals surface area contributed by atoms with Gasteiger partial charge in [0.25, 0.3) is 0 Å². The summed E-state index contributed by atoms with van der Waals surface area (Å²) < 4.78 is 2.40. The van der Waals surface area contributed by atoms with E-state index in [9.17, 15) is 0 Å². The molecule has 308 valence electrons. The van der Waals surface area contributed by atoms with Crippen molar-refractivity contribution >= 4 is 38.9 Å². The van der Waals surface area contributed by atoms with Crippen LogP contribution in [0.1, 0.15) is 25.0 Å². The van der Waals surface area contributed by atoms with E-state index in [1.54, 1.807) is 0 Å². The van der Waals surface area contributed by atoms with Crippen molar-refractivity contribution in [2.75, 3.05) is 4.90 Å². The van der Waals surface area contributed by atoms with Gasteiger partial charge in [0.05, 0.1) is 16.7 Å². The van der Waals surface area contributed by atoms with Crippen LogP contribution in [0.2, 0.25) is 0 Å². The molecule has 10 aromatic carbocycles. The van der Waals surface area contributed by atoms with Crippen LogP contribution in [-0.4, -0.2) is 4.57 Å². The third kappa shape index (κ3) is 6.40. The summed E-state index contributed by atoms with van der Waals surface area (Å²) in [5.74, 6) is 0. The molecule has 11 aromatic rings. The van der Waals surface area contributed by atoms with Crippen LogP contribution in [0.5, 0.6) is 0 Å². The lowest BCUT2D eigenvalue weighted by molar-refractivity contribution is 0.660. The molecule has 0 saturated heterocycles. The van der Waals surface area contributed by atoms with Gasteiger partial charge in [-0.3, -0.25) is 0 Å². The molecule has 12 rings (SSSR count). The van der Waals surface area contributed by atoms with Gasteiger partial charge >= 0.3 is 0 Å². The van der Waals surface area contributed by atoms with E-state index in [1.165, 1.54) is 83.0 Å². The highest BCUT2D eigenvalue weighted by Gasteiger charge is 2.36. The highest BCUT2D eigenvalue weighted by atomic mass is 15.1. The lowest BCUT2D eigenvalue weighted by atomic mass is 9.82. The van der Waals surface area contributed by atoms with Crippen molar-refractivity contribution in [3.63, 3.8) is 0 Å². The summed E-state index contributed by atoms with van der Waals surface area (Å²) in [6, 6.07) is 88.9. The first-order valence-electron chi connectivity index (χ1n) is 22.6. The Labute approximate surface area is 381 Å². The Morgan fingerprint density at radius 2 is 0.862 bits per heavy atom. The maximum absolute atomic E-state index is 2.49. The fraction of sp³-hybridized carbons (Fsp3) is 0.0476. The van der Waals surface area contributed by atoms with Crippen molar-refractivity contribution in [3.05, 3.63) is 254 Å². The number of para-hydroxylation sites is 2. The third-order valence-corrected chi connectivity index (χ3v) is 13.6. The average Bonchev–Trinajstić information content (AvgIpc) is 3.83. The van der Waals surface area contributed by atoms with Gasteiger partial charge < -0.3 is 9.47 Å². The zero-order valence-electron chi connectivity index (χ0n) is 36.5. The molecule has 0 radical (unpaired) electrons. The smallest absolute Gasteiger partial charge is 0.0546 e. The van der Waals surface area contributed by atoms with Crippen LogP contribution >= 0.6 is 0 Å². The molecule has 2 heteroatoms. The molecule has 2 nitrogen and oxygen atoms in total. The molecular weight excluding hydrogens is 785 g/mol. The zero-order valence-corrected chi connectivity index (χ0v) is 36.5. The van der Waals surface area contributed by atoms with Crippen LogP contribution in [0, 0.1) is 0 Å². The molecule has 0 amide bonds. The van der Waals surface area contributed by atoms with Gasteiger partial charge in [-0.2, -0.15) is 0 Å². The second-order valence-electron chi connectivity index (χ2n) is 17.7. The summed E-state index contributed by atoms with van der Waals surface area (Å²) in [4.78, 5) is 2.49. The summed E-state index contributed by atoms with van der Waals surface area (Å²) >= 11 is 0. The Hall–Kier alpha value is -8.20. The van der Waals surface area contributed by atoms with Crippen LogP contribution in [0.3, 0.4) is 0 Å². The molecule has 0 spiro atoms. The number of aromatic nitrogens is 1. The molecule has 1 aliphatic carbocycles. The second kappa shape index (κ2) is 15.6. The van der Waals surface area contributed by atoms with Gasteiger partial charge in [0, 0.05) is 38.8 Å². The SMILES string of the molecule is CC1(C)c2ccccc2-c2ccc(N(c3ccc(-c4cccc(-n5c6ccccc6c6ccccc65)c4)cc3)c3cccc(-c4ccccc4)c3-c3ccccc3-c3ccccc3)cc21. The van der Waals surface area contributed by atoms with Gasteiger partial charge in [-0.15, -0.1) is 0 Å². The van der Waals surface area contributed by atoms with Crippen LogP contribution in [-0.2, 0) is 5.41 Å². The summed E-state index contributed by atoms with van der Waals surface area (Å²) in [6.45, 7) is 4.73. The van der Waals surface area contributed by atoms with Crippen molar-refractivity contribution in [2.24, 2.45) is 0 Å². The number of anilines is 3. The molecule has 65 heavy (non-hydrogen) atoms. The van der Waals surface area contributed by atoms with E-state index in [0.717, 1.165) is 28.3 Å². The summed E-state index contributed by atoms with van der Waals surface area (Å²) in [5, 5.41) is 2.53. The molecule has 1 aromatic heterocycles. The summed E-state index contributed by atoms with van der Waals surface area (Å²) in [5.41, 5.74) is 21.5. The minimum absolute atomic E-state index is 0.159. The van der Waals surface area contributed by atoms with Gasteiger partial charge in [-0.05, 0) is 116 Å². The minimum Gasteiger partial charge on any atom is -0.310 e. The Kier molecular flexibility index (Phi) is 9.21. The fourth-order valence-electron chi connectivity index (χ4n) is 10.5. The van der Waals surface area contributed by atoms with Crippen LogP contribution in [0.4, 0.5) is 17.1 Å². The quantitative estimate of drug-likeness (QED) is 0.148. The first-order chi connectivity index (χ1) is 32.0. The molecule has 0 fully saturated rings. The monoisotopic (exact) mass is 830 g/mol. The van der Waals surface area contributed by atoms with Crippen LogP contribution < -0.4 is 4.90 Å². The van der Waals surface area contributed by atoms with E-state index in [4.69, 9.17) is 0 Å². The van der Waals surface area contributed by atoms with Crippen molar-refractivity contribution in [3.8, 4) is 61.3 Å². The van der Waals surface area contributed by atoms with Crippen molar-refractivity contribution in [1.82, 2.24) is 4.57 Å². The number of fused-ring (bicyclic) bond motifs is 6. The largest absolute Gasteiger partial charge is 0.310 e. The first kappa shape index (κ1) is 38.5. The van der Waals surface area contributed by atoms with Crippen LogP contribution in [0.25, 0.3) is 83.1 Å². The number of hydrogen-bond acceptors (Lipinski definition) is 1. The topological polar surface area (TPSA) is 8.17 Å². The van der Waals surface area contributed by atoms with E-state index in [-0.39, 0.29) is 5.41 Å². The van der Waals surface area contributed by atoms with E-state index >= 15 is 0 Å². The number of benzene rings is 10. The van der Waals surface area contributed by atoms with Gasteiger partial charge in [0.2, 0.25) is 0 Å². The number of rotatable bonds is 8. The minimum atomic E-state index is -0.159. The lowest BCUT2D eigenvalue weighted by Gasteiger charge is -2.31. The van der Waals surface area contributed by atoms with Crippen molar-refractivity contribution in [2.45, 2.75) is 19.3 Å². The number of nitrogens with zero attached hydrogens (tertiary/aromatic N) is 2. The fourth-order valence-corrected chi connectivity index (χ4v) is 10.5. The Bertz CT molecular complexity index is 3510. The maximum Gasteiger partial charge on any atom is 0.0546 e. The molecule has 1 heterocycles. The maximum atomic E-state index is 2.49. The van der Waals surface area contributed by atoms with E-state index in [2.05, 4.69) is 266 Å². The summed E-state index contributed by atoms with van der Waals surface area (Å²) in [6.07, 6.45) is 0. The highest BCUT2D eigenvalue weighted by molar-refractivity contribution is 6.09. The molecule has 0 saturated carbocycles. The van der Waals surface area contributed by atoms with E-state index in [0.29, 0.717) is 0 Å². The predicted molar refractivity (Wildman–Crippen MR) is 275 cm³/mol. The van der Waals surface area contributed by atoms with Crippen molar-refractivity contribution in [1.29, 1.82) is 0 Å². The highest BCUT2D eigenvalue weighted by Crippen LogP contribution is 2.53. The zero-order chi connectivity index (χ0) is 43.5. The van der Waals surface area contributed by atoms with Gasteiger partial charge in [0.15, 0.2) is 0 Å². The predicted octanol–water partition coefficient (Wildman–Crippen LogP) is 17.2. The molecule has 0 bridgehead atoms. The van der Waals surface area contributed by atoms with Crippen molar-refractivity contribution < 1.29 is 0 Å². The van der Waals surface area contributed by atoms with E-state index < -0.39 is 0 Å². The first-order valence-corrected chi connectivity index (χ1v) is 22.6. The molecule has 0 unspecified atom stereocenters. The summed E-state index contributed by atoms with van der Waals surface area (Å²) in [7, 11) is 0.